The summed E-state index contributed by atoms with van der Waals surface area (Å²) >= 11 is 0. The van der Waals surface area contributed by atoms with E-state index in [1.165, 1.54) is 0 Å². The molecule has 1 atom stereocenters. The molecule has 0 saturated heterocycles. The summed E-state index contributed by atoms with van der Waals surface area (Å²) in [7, 11) is 0. The van der Waals surface area contributed by atoms with Crippen LogP contribution in [0.1, 0.15) is 43.2 Å². The summed E-state index contributed by atoms with van der Waals surface area (Å²) in [5, 5.41) is 0. The summed E-state index contributed by atoms with van der Waals surface area (Å²) < 4.78 is 5.36. The molecule has 2 aromatic carbocycles. The lowest BCUT2D eigenvalue weighted by atomic mass is 9.67. The molecular weight excluding hydrogens is 300 g/mol. The highest BCUT2D eigenvalue weighted by molar-refractivity contribution is 6.06. The summed E-state index contributed by atoms with van der Waals surface area (Å²) in [4.78, 5) is 25.8. The largest absolute Gasteiger partial charge is 0.465 e. The third kappa shape index (κ3) is 2.75. The van der Waals surface area contributed by atoms with E-state index in [0.29, 0.717) is 12.8 Å². The smallest absolute Gasteiger partial charge is 0.320 e. The van der Waals surface area contributed by atoms with Crippen molar-refractivity contribution in [3.05, 3.63) is 71.8 Å². The quantitative estimate of drug-likeness (QED) is 0.614. The van der Waals surface area contributed by atoms with Gasteiger partial charge in [0.05, 0.1) is 6.61 Å². The Hall–Kier alpha value is -2.42. The Morgan fingerprint density at radius 2 is 1.58 bits per heavy atom. The first kappa shape index (κ1) is 16.4. The molecule has 0 amide bonds. The maximum atomic E-state index is 12.9. The predicted molar refractivity (Wildman–Crippen MR) is 92.7 cm³/mol. The lowest BCUT2D eigenvalue weighted by Gasteiger charge is -2.34. The van der Waals surface area contributed by atoms with Gasteiger partial charge in [-0.2, -0.15) is 0 Å². The highest BCUT2D eigenvalue weighted by Crippen LogP contribution is 2.50. The minimum absolute atomic E-state index is 0.00124. The van der Waals surface area contributed by atoms with Gasteiger partial charge in [0.25, 0.3) is 0 Å². The molecule has 1 aliphatic rings. The maximum Gasteiger partial charge on any atom is 0.320 e. The molecule has 1 unspecified atom stereocenters. The summed E-state index contributed by atoms with van der Waals surface area (Å²) in [6.07, 6.45) is 1.71. The van der Waals surface area contributed by atoms with Crippen molar-refractivity contribution in [2.24, 2.45) is 5.41 Å². The molecule has 0 spiro atoms. The summed E-state index contributed by atoms with van der Waals surface area (Å²) in [6, 6.07) is 19.6. The number of hydrogen-bond acceptors (Lipinski definition) is 3. The Morgan fingerprint density at radius 3 is 2.00 bits per heavy atom. The number of carbonyl (C=O) groups excluding carboxylic acids is 2. The monoisotopic (exact) mass is 322 g/mol. The van der Waals surface area contributed by atoms with Gasteiger partial charge in [0.1, 0.15) is 5.41 Å². The highest BCUT2D eigenvalue weighted by Gasteiger charge is 2.56. The number of esters is 1. The molecule has 0 aliphatic heterocycles. The number of rotatable bonds is 5. The van der Waals surface area contributed by atoms with Crippen molar-refractivity contribution in [3.8, 4) is 0 Å². The Labute approximate surface area is 142 Å². The first-order valence-corrected chi connectivity index (χ1v) is 8.50. The van der Waals surface area contributed by atoms with Crippen molar-refractivity contribution in [1.29, 1.82) is 0 Å². The van der Waals surface area contributed by atoms with Crippen LogP contribution in [0.25, 0.3) is 0 Å². The van der Waals surface area contributed by atoms with E-state index in [1.807, 2.05) is 60.7 Å². The Kier molecular flexibility index (Phi) is 4.79. The first-order chi connectivity index (χ1) is 11.7. The molecule has 0 heterocycles. The molecule has 2 aromatic rings. The van der Waals surface area contributed by atoms with E-state index in [-0.39, 0.29) is 24.3 Å². The fourth-order valence-corrected chi connectivity index (χ4v) is 3.84. The molecule has 0 radical (unpaired) electrons. The van der Waals surface area contributed by atoms with Crippen LogP contribution in [0.5, 0.6) is 0 Å². The van der Waals surface area contributed by atoms with Gasteiger partial charge in [0.2, 0.25) is 0 Å². The van der Waals surface area contributed by atoms with Crippen molar-refractivity contribution < 1.29 is 14.3 Å². The van der Waals surface area contributed by atoms with Crippen molar-refractivity contribution in [2.45, 2.75) is 32.1 Å². The standard InChI is InChI=1S/C21H22O3/c1-2-24-20(23)21(15-9-14-18(21)22)19(16-10-5-3-6-11-16)17-12-7-4-8-13-17/h3-8,10-13,19H,2,9,14-15H2,1H3. The lowest BCUT2D eigenvalue weighted by Crippen LogP contribution is -2.43. The third-order valence-corrected chi connectivity index (χ3v) is 4.87. The van der Waals surface area contributed by atoms with E-state index in [2.05, 4.69) is 0 Å². The van der Waals surface area contributed by atoms with E-state index < -0.39 is 5.41 Å². The number of carbonyl (C=O) groups is 2. The van der Waals surface area contributed by atoms with E-state index in [9.17, 15) is 9.59 Å². The number of ether oxygens (including phenoxy) is 1. The van der Waals surface area contributed by atoms with Crippen LogP contribution in [0.3, 0.4) is 0 Å². The molecular formula is C21H22O3. The molecule has 1 aliphatic carbocycles. The van der Waals surface area contributed by atoms with Crippen LogP contribution in [0.15, 0.2) is 60.7 Å². The van der Waals surface area contributed by atoms with Crippen LogP contribution in [0.4, 0.5) is 0 Å². The first-order valence-electron chi connectivity index (χ1n) is 8.50. The third-order valence-electron chi connectivity index (χ3n) is 4.87. The van der Waals surface area contributed by atoms with Gasteiger partial charge in [-0.1, -0.05) is 60.7 Å². The van der Waals surface area contributed by atoms with Crippen LogP contribution >= 0.6 is 0 Å². The SMILES string of the molecule is CCOC(=O)C1(C(c2ccccc2)c2ccccc2)CCCC1=O. The number of Topliss-reactive ketones (excluding diaryl/α,β-unsaturated/α-hetero) is 1. The molecule has 24 heavy (non-hydrogen) atoms. The molecule has 1 fully saturated rings. The van der Waals surface area contributed by atoms with Gasteiger partial charge >= 0.3 is 5.97 Å². The van der Waals surface area contributed by atoms with E-state index >= 15 is 0 Å². The minimum atomic E-state index is -1.11. The highest BCUT2D eigenvalue weighted by atomic mass is 16.5. The fourth-order valence-electron chi connectivity index (χ4n) is 3.84. The molecule has 3 rings (SSSR count). The second-order valence-corrected chi connectivity index (χ2v) is 6.22. The van der Waals surface area contributed by atoms with Crippen molar-refractivity contribution in [1.82, 2.24) is 0 Å². The lowest BCUT2D eigenvalue weighted by molar-refractivity contribution is -0.159. The van der Waals surface area contributed by atoms with Gasteiger partial charge in [-0.3, -0.25) is 9.59 Å². The Morgan fingerprint density at radius 1 is 1.04 bits per heavy atom. The molecule has 3 heteroatoms. The average molecular weight is 322 g/mol. The topological polar surface area (TPSA) is 43.4 Å². The van der Waals surface area contributed by atoms with Crippen LogP contribution < -0.4 is 0 Å². The normalized spacial score (nSPS) is 20.3. The number of benzene rings is 2. The maximum absolute atomic E-state index is 12.9. The second kappa shape index (κ2) is 7.00. The van der Waals surface area contributed by atoms with Gasteiger partial charge in [-0.25, -0.2) is 0 Å². The van der Waals surface area contributed by atoms with E-state index in [1.54, 1.807) is 6.92 Å². The van der Waals surface area contributed by atoms with Crippen LogP contribution in [0.2, 0.25) is 0 Å². The van der Waals surface area contributed by atoms with Crippen molar-refractivity contribution in [3.63, 3.8) is 0 Å². The average Bonchev–Trinajstić information content (AvgIpc) is 3.00. The van der Waals surface area contributed by atoms with Crippen molar-refractivity contribution in [2.75, 3.05) is 6.61 Å². The number of hydrogen-bond donors (Lipinski definition) is 0. The Bertz CT molecular complexity index is 669. The molecule has 124 valence electrons. The zero-order chi connectivity index (χ0) is 17.0. The van der Waals surface area contributed by atoms with E-state index in [4.69, 9.17) is 4.74 Å². The number of ketones is 1. The van der Waals surface area contributed by atoms with Gasteiger partial charge in [-0.05, 0) is 30.9 Å². The molecule has 1 saturated carbocycles. The predicted octanol–water partition coefficient (Wildman–Crippen LogP) is 4.12. The molecule has 3 nitrogen and oxygen atoms in total. The molecule has 0 aromatic heterocycles. The summed E-state index contributed by atoms with van der Waals surface area (Å²) in [5.41, 5.74) is 0.845. The van der Waals surface area contributed by atoms with Crippen LogP contribution in [-0.4, -0.2) is 18.4 Å². The zero-order valence-electron chi connectivity index (χ0n) is 13.9. The van der Waals surface area contributed by atoms with Crippen molar-refractivity contribution >= 4 is 11.8 Å². The van der Waals surface area contributed by atoms with Crippen LogP contribution in [0, 0.1) is 5.41 Å². The van der Waals surface area contributed by atoms with Gasteiger partial charge in [0.15, 0.2) is 5.78 Å². The summed E-state index contributed by atoms with van der Waals surface area (Å²) in [6.45, 7) is 2.06. The molecule has 0 bridgehead atoms. The minimum Gasteiger partial charge on any atom is -0.465 e. The van der Waals surface area contributed by atoms with Crippen LogP contribution in [-0.2, 0) is 14.3 Å². The Balaban J connectivity index is 2.19. The second-order valence-electron chi connectivity index (χ2n) is 6.22. The summed E-state index contributed by atoms with van der Waals surface area (Å²) in [5.74, 6) is -0.696. The van der Waals surface area contributed by atoms with Gasteiger partial charge < -0.3 is 4.74 Å². The van der Waals surface area contributed by atoms with E-state index in [0.717, 1.165) is 17.5 Å². The fraction of sp³-hybridized carbons (Fsp3) is 0.333. The molecule has 0 N–H and O–H groups in total. The van der Waals surface area contributed by atoms with Gasteiger partial charge in [0, 0.05) is 12.3 Å². The zero-order valence-corrected chi connectivity index (χ0v) is 13.9. The van der Waals surface area contributed by atoms with Gasteiger partial charge in [-0.15, -0.1) is 0 Å².